The van der Waals surface area contributed by atoms with E-state index in [1.54, 1.807) is 6.07 Å². The molecule has 0 radical (unpaired) electrons. The Kier molecular flexibility index (Phi) is 3.93. The molecule has 1 aromatic rings. The molecule has 0 unspecified atom stereocenters. The number of rotatable bonds is 5. The van der Waals surface area contributed by atoms with Crippen LogP contribution in [0.25, 0.3) is 0 Å². The molecule has 0 saturated carbocycles. The van der Waals surface area contributed by atoms with Gasteiger partial charge in [0.1, 0.15) is 11.7 Å². The van der Waals surface area contributed by atoms with Gasteiger partial charge in [0, 0.05) is 25.4 Å². The molecule has 5 heteroatoms. The molecule has 92 valence electrons. The minimum Gasteiger partial charge on any atom is -0.396 e. The van der Waals surface area contributed by atoms with E-state index in [9.17, 15) is 4.39 Å². The normalized spacial score (nSPS) is 14.4. The molecule has 0 fully saturated rings. The molecule has 0 atom stereocenters. The van der Waals surface area contributed by atoms with Gasteiger partial charge < -0.3 is 15.7 Å². The van der Waals surface area contributed by atoms with Gasteiger partial charge in [0.05, 0.1) is 12.1 Å². The zero-order chi connectivity index (χ0) is 12.1. The summed E-state index contributed by atoms with van der Waals surface area (Å²) in [6.45, 7) is 2.16. The zero-order valence-corrected chi connectivity index (χ0v) is 9.54. The first kappa shape index (κ1) is 11.9. The fourth-order valence-electron chi connectivity index (χ4n) is 1.78. The van der Waals surface area contributed by atoms with E-state index in [0.29, 0.717) is 36.6 Å². The summed E-state index contributed by atoms with van der Waals surface area (Å²) in [5.41, 5.74) is 1.20. The van der Waals surface area contributed by atoms with Crippen molar-refractivity contribution in [1.29, 1.82) is 0 Å². The van der Waals surface area contributed by atoms with Gasteiger partial charge in [0.25, 0.3) is 0 Å². The number of hydrogen-bond acceptors (Lipinski definition) is 4. The molecule has 0 amide bonds. The summed E-state index contributed by atoms with van der Waals surface area (Å²) in [6, 6.07) is 4.91. The van der Waals surface area contributed by atoms with Crippen LogP contribution in [0.1, 0.15) is 12.0 Å². The molecule has 1 aliphatic rings. The molecule has 0 aliphatic carbocycles. The van der Waals surface area contributed by atoms with Crippen molar-refractivity contribution in [3.05, 3.63) is 29.6 Å². The number of benzene rings is 1. The first-order valence-corrected chi connectivity index (χ1v) is 5.75. The van der Waals surface area contributed by atoms with Crippen LogP contribution in [0.2, 0.25) is 0 Å². The third-order valence-electron chi connectivity index (χ3n) is 2.57. The zero-order valence-electron chi connectivity index (χ0n) is 9.54. The molecule has 0 aromatic heterocycles. The topological polar surface area (TPSA) is 56.6 Å². The molecule has 0 spiro atoms. The molecular weight excluding hydrogens is 221 g/mol. The van der Waals surface area contributed by atoms with Crippen molar-refractivity contribution in [3.63, 3.8) is 0 Å². The lowest BCUT2D eigenvalue weighted by Gasteiger charge is -2.12. The van der Waals surface area contributed by atoms with Gasteiger partial charge in [-0.3, -0.25) is 4.99 Å². The average molecular weight is 237 g/mol. The van der Waals surface area contributed by atoms with Gasteiger partial charge in [0.15, 0.2) is 0 Å². The lowest BCUT2D eigenvalue weighted by Crippen LogP contribution is -2.22. The predicted molar refractivity (Wildman–Crippen MR) is 66.0 cm³/mol. The number of aliphatic imine (C=N–C) groups is 1. The van der Waals surface area contributed by atoms with Crippen molar-refractivity contribution >= 4 is 11.5 Å². The minimum absolute atomic E-state index is 0.122. The van der Waals surface area contributed by atoms with Gasteiger partial charge in [-0.15, -0.1) is 0 Å². The van der Waals surface area contributed by atoms with E-state index < -0.39 is 0 Å². The summed E-state index contributed by atoms with van der Waals surface area (Å²) in [7, 11) is 0. The predicted octanol–water partition coefficient (Wildman–Crippen LogP) is 0.970. The number of aliphatic hydroxyl groups excluding tert-OH is 1. The summed E-state index contributed by atoms with van der Waals surface area (Å²) < 4.78 is 13.8. The average Bonchev–Trinajstić information content (AvgIpc) is 2.83. The molecule has 4 nitrogen and oxygen atoms in total. The first-order valence-electron chi connectivity index (χ1n) is 5.75. The number of hydrogen-bond donors (Lipinski definition) is 3. The Hall–Kier alpha value is -1.62. The SMILES string of the molecule is OCCCNc1cccc(F)c1C1=NCCN1. The molecule has 1 aliphatic heterocycles. The number of aliphatic hydroxyl groups is 1. The minimum atomic E-state index is -0.285. The van der Waals surface area contributed by atoms with Crippen LogP contribution in [-0.4, -0.2) is 37.2 Å². The second-order valence-electron chi connectivity index (χ2n) is 3.82. The van der Waals surface area contributed by atoms with Crippen LogP contribution in [0, 0.1) is 5.82 Å². The fourth-order valence-corrected chi connectivity index (χ4v) is 1.78. The fraction of sp³-hybridized carbons (Fsp3) is 0.417. The summed E-state index contributed by atoms with van der Waals surface area (Å²) in [4.78, 5) is 4.23. The van der Waals surface area contributed by atoms with E-state index in [1.165, 1.54) is 6.07 Å². The van der Waals surface area contributed by atoms with Gasteiger partial charge in [-0.05, 0) is 18.6 Å². The number of nitrogens with zero attached hydrogens (tertiary/aromatic N) is 1. The van der Waals surface area contributed by atoms with E-state index in [1.807, 2.05) is 6.07 Å². The third kappa shape index (κ3) is 2.74. The molecule has 1 aromatic carbocycles. The van der Waals surface area contributed by atoms with Crippen LogP contribution in [0.4, 0.5) is 10.1 Å². The maximum absolute atomic E-state index is 13.8. The largest absolute Gasteiger partial charge is 0.396 e. The summed E-state index contributed by atoms with van der Waals surface area (Å²) in [6.07, 6.45) is 0.635. The van der Waals surface area contributed by atoms with Crippen LogP contribution in [-0.2, 0) is 0 Å². The number of amidine groups is 1. The van der Waals surface area contributed by atoms with Crippen molar-refractivity contribution in [2.75, 3.05) is 31.6 Å². The highest BCUT2D eigenvalue weighted by Gasteiger charge is 2.16. The Balaban J connectivity index is 2.21. The summed E-state index contributed by atoms with van der Waals surface area (Å²) in [5, 5.41) is 14.9. The summed E-state index contributed by atoms with van der Waals surface area (Å²) in [5.74, 6) is 0.321. The lowest BCUT2D eigenvalue weighted by molar-refractivity contribution is 0.292. The Bertz CT molecular complexity index is 420. The lowest BCUT2D eigenvalue weighted by atomic mass is 10.1. The van der Waals surface area contributed by atoms with Gasteiger partial charge in [-0.1, -0.05) is 6.07 Å². The van der Waals surface area contributed by atoms with Crippen molar-refractivity contribution in [1.82, 2.24) is 5.32 Å². The van der Waals surface area contributed by atoms with Crippen molar-refractivity contribution in [3.8, 4) is 0 Å². The second-order valence-corrected chi connectivity index (χ2v) is 3.82. The smallest absolute Gasteiger partial charge is 0.136 e. The first-order chi connectivity index (χ1) is 8.33. The highest BCUT2D eigenvalue weighted by atomic mass is 19.1. The van der Waals surface area contributed by atoms with E-state index >= 15 is 0 Å². The van der Waals surface area contributed by atoms with Gasteiger partial charge in [0.2, 0.25) is 0 Å². The number of nitrogens with one attached hydrogen (secondary N) is 2. The van der Waals surface area contributed by atoms with E-state index in [2.05, 4.69) is 15.6 Å². The van der Waals surface area contributed by atoms with Crippen LogP contribution in [0.5, 0.6) is 0 Å². The maximum Gasteiger partial charge on any atom is 0.136 e. The quantitative estimate of drug-likeness (QED) is 0.669. The molecule has 2 rings (SSSR count). The molecule has 1 heterocycles. The number of halogens is 1. The second kappa shape index (κ2) is 5.63. The van der Waals surface area contributed by atoms with Gasteiger partial charge >= 0.3 is 0 Å². The summed E-state index contributed by atoms with van der Waals surface area (Å²) >= 11 is 0. The van der Waals surface area contributed by atoms with Gasteiger partial charge in [-0.25, -0.2) is 4.39 Å². The molecule has 3 N–H and O–H groups in total. The Morgan fingerprint density at radius 1 is 1.47 bits per heavy atom. The van der Waals surface area contributed by atoms with Crippen molar-refractivity contribution < 1.29 is 9.50 Å². The Labute approximate surface area is 99.6 Å². The monoisotopic (exact) mass is 237 g/mol. The molecule has 17 heavy (non-hydrogen) atoms. The Morgan fingerprint density at radius 3 is 3.06 bits per heavy atom. The van der Waals surface area contributed by atoms with Crippen molar-refractivity contribution in [2.24, 2.45) is 4.99 Å². The van der Waals surface area contributed by atoms with E-state index in [0.717, 1.165) is 6.54 Å². The highest BCUT2D eigenvalue weighted by Crippen LogP contribution is 2.20. The van der Waals surface area contributed by atoms with Crippen LogP contribution in [0.3, 0.4) is 0 Å². The molecular formula is C12H16FN3O. The van der Waals surface area contributed by atoms with E-state index in [-0.39, 0.29) is 12.4 Å². The van der Waals surface area contributed by atoms with E-state index in [4.69, 9.17) is 5.11 Å². The van der Waals surface area contributed by atoms with Crippen LogP contribution in [0.15, 0.2) is 23.2 Å². The van der Waals surface area contributed by atoms with Gasteiger partial charge in [-0.2, -0.15) is 0 Å². The molecule has 0 saturated heterocycles. The third-order valence-corrected chi connectivity index (χ3v) is 2.57. The van der Waals surface area contributed by atoms with Crippen molar-refractivity contribution in [2.45, 2.75) is 6.42 Å². The molecule has 0 bridgehead atoms. The van der Waals surface area contributed by atoms with Crippen LogP contribution < -0.4 is 10.6 Å². The Morgan fingerprint density at radius 2 is 2.35 bits per heavy atom. The standard InChI is InChI=1S/C12H16FN3O/c13-9-3-1-4-10(14-5-2-8-17)11(9)12-15-6-7-16-12/h1,3-4,14,17H,2,5-8H2,(H,15,16). The highest BCUT2D eigenvalue weighted by molar-refractivity contribution is 6.04. The maximum atomic E-state index is 13.8. The number of anilines is 1. The van der Waals surface area contributed by atoms with Crippen LogP contribution >= 0.6 is 0 Å².